The fourth-order valence-electron chi connectivity index (χ4n) is 2.81. The molecule has 24 heavy (non-hydrogen) atoms. The van der Waals surface area contributed by atoms with Gasteiger partial charge in [0.15, 0.2) is 0 Å². The molecular weight excluding hydrogens is 328 g/mol. The van der Waals surface area contributed by atoms with Crippen LogP contribution in [0.5, 0.6) is 5.75 Å². The average molecular weight is 346 g/mol. The molecule has 3 N–H and O–H groups in total. The summed E-state index contributed by atoms with van der Waals surface area (Å²) < 4.78 is 28.3. The van der Waals surface area contributed by atoms with Gasteiger partial charge in [-0.1, -0.05) is 24.3 Å². The number of carbonyl (C=O) groups is 1. The topological polar surface area (TPSA) is 98.5 Å². The number of ether oxygens (including phenoxy) is 1. The minimum atomic E-state index is -3.80. The van der Waals surface area contributed by atoms with Crippen molar-refractivity contribution in [1.29, 1.82) is 0 Å². The lowest BCUT2D eigenvalue weighted by Crippen LogP contribution is -2.21. The summed E-state index contributed by atoms with van der Waals surface area (Å²) in [6.07, 6.45) is 1.07. The summed E-state index contributed by atoms with van der Waals surface area (Å²) in [5, 5.41) is 7.84. The van der Waals surface area contributed by atoms with Crippen LogP contribution in [-0.4, -0.2) is 20.9 Å². The average Bonchev–Trinajstić information content (AvgIpc) is 2.54. The SMILES string of the molecule is NS(=O)(=O)c1cccc(NC(=O)C[C@H]2CCOc3ccccc32)c1. The fraction of sp³-hybridized carbons (Fsp3) is 0.235. The predicted octanol–water partition coefficient (Wildman–Crippen LogP) is 2.23. The van der Waals surface area contributed by atoms with Gasteiger partial charge in [0.25, 0.3) is 0 Å². The van der Waals surface area contributed by atoms with E-state index in [1.165, 1.54) is 12.1 Å². The monoisotopic (exact) mass is 346 g/mol. The van der Waals surface area contributed by atoms with Crippen molar-refractivity contribution in [3.05, 3.63) is 54.1 Å². The van der Waals surface area contributed by atoms with E-state index in [0.717, 1.165) is 17.7 Å². The first kappa shape index (κ1) is 16.5. The highest BCUT2D eigenvalue weighted by molar-refractivity contribution is 7.89. The second-order valence-corrected chi connectivity index (χ2v) is 7.26. The number of fused-ring (bicyclic) bond motifs is 1. The second-order valence-electron chi connectivity index (χ2n) is 5.70. The largest absolute Gasteiger partial charge is 0.493 e. The normalized spacial score (nSPS) is 16.8. The molecule has 0 aliphatic carbocycles. The first-order chi connectivity index (χ1) is 11.4. The van der Waals surface area contributed by atoms with Gasteiger partial charge in [-0.15, -0.1) is 0 Å². The van der Waals surface area contributed by atoms with Gasteiger partial charge < -0.3 is 10.1 Å². The number of hydrogen-bond acceptors (Lipinski definition) is 4. The third-order valence-electron chi connectivity index (χ3n) is 3.96. The number of amides is 1. The number of nitrogens with two attached hydrogens (primary N) is 1. The van der Waals surface area contributed by atoms with Crippen LogP contribution in [0, 0.1) is 0 Å². The molecule has 6 nitrogen and oxygen atoms in total. The van der Waals surface area contributed by atoms with E-state index in [9.17, 15) is 13.2 Å². The van der Waals surface area contributed by atoms with Gasteiger partial charge in [-0.05, 0) is 42.2 Å². The van der Waals surface area contributed by atoms with E-state index in [0.29, 0.717) is 18.7 Å². The van der Waals surface area contributed by atoms with E-state index in [-0.39, 0.29) is 16.7 Å². The van der Waals surface area contributed by atoms with Crippen molar-refractivity contribution in [2.45, 2.75) is 23.7 Å². The molecule has 0 radical (unpaired) electrons. The molecule has 0 spiro atoms. The molecule has 1 aliphatic rings. The third kappa shape index (κ3) is 3.74. The number of para-hydroxylation sites is 1. The highest BCUT2D eigenvalue weighted by atomic mass is 32.2. The van der Waals surface area contributed by atoms with E-state index in [4.69, 9.17) is 9.88 Å². The van der Waals surface area contributed by atoms with Crippen molar-refractivity contribution < 1.29 is 17.9 Å². The number of rotatable bonds is 4. The van der Waals surface area contributed by atoms with Crippen molar-refractivity contribution in [3.8, 4) is 5.75 Å². The van der Waals surface area contributed by atoms with Gasteiger partial charge in [0.2, 0.25) is 15.9 Å². The van der Waals surface area contributed by atoms with Crippen molar-refractivity contribution in [1.82, 2.24) is 0 Å². The van der Waals surface area contributed by atoms with E-state index < -0.39 is 10.0 Å². The highest BCUT2D eigenvalue weighted by Crippen LogP contribution is 2.35. The number of sulfonamides is 1. The molecule has 0 unspecified atom stereocenters. The summed E-state index contributed by atoms with van der Waals surface area (Å²) in [6.45, 7) is 0.579. The molecule has 0 saturated carbocycles. The highest BCUT2D eigenvalue weighted by Gasteiger charge is 2.23. The molecule has 7 heteroatoms. The van der Waals surface area contributed by atoms with Crippen LogP contribution in [0.3, 0.4) is 0 Å². The summed E-state index contributed by atoms with van der Waals surface area (Å²) >= 11 is 0. The van der Waals surface area contributed by atoms with Gasteiger partial charge in [0.05, 0.1) is 11.5 Å². The Kier molecular flexibility index (Phi) is 4.55. The standard InChI is InChI=1S/C17H18N2O4S/c18-24(21,22)14-5-3-4-13(11-14)19-17(20)10-12-8-9-23-16-7-2-1-6-15(12)16/h1-7,11-12H,8-10H2,(H,19,20)(H2,18,21,22)/t12-/m1/s1. The Labute approximate surface area is 140 Å². The van der Waals surface area contributed by atoms with Gasteiger partial charge in [0, 0.05) is 12.1 Å². The predicted molar refractivity (Wildman–Crippen MR) is 90.4 cm³/mol. The zero-order valence-electron chi connectivity index (χ0n) is 12.9. The third-order valence-corrected chi connectivity index (χ3v) is 4.87. The van der Waals surface area contributed by atoms with Crippen LogP contribution in [0.25, 0.3) is 0 Å². The van der Waals surface area contributed by atoms with E-state index >= 15 is 0 Å². The van der Waals surface area contributed by atoms with Crippen molar-refractivity contribution in [2.75, 3.05) is 11.9 Å². The molecule has 126 valence electrons. The lowest BCUT2D eigenvalue weighted by Gasteiger charge is -2.25. The Bertz CT molecular complexity index is 864. The minimum absolute atomic E-state index is 0.0308. The summed E-state index contributed by atoms with van der Waals surface area (Å²) in [5.74, 6) is 0.720. The molecule has 3 rings (SSSR count). The Hall–Kier alpha value is -2.38. The van der Waals surface area contributed by atoms with Gasteiger partial charge in [-0.25, -0.2) is 13.6 Å². The molecular formula is C17H18N2O4S. The number of hydrogen-bond donors (Lipinski definition) is 2. The quantitative estimate of drug-likeness (QED) is 0.887. The second kappa shape index (κ2) is 6.62. The van der Waals surface area contributed by atoms with Crippen molar-refractivity contribution in [2.24, 2.45) is 5.14 Å². The molecule has 1 heterocycles. The molecule has 0 bridgehead atoms. The zero-order valence-corrected chi connectivity index (χ0v) is 13.8. The lowest BCUT2D eigenvalue weighted by molar-refractivity contribution is -0.116. The van der Waals surface area contributed by atoms with E-state index in [1.807, 2.05) is 24.3 Å². The maximum Gasteiger partial charge on any atom is 0.238 e. The van der Waals surface area contributed by atoms with Crippen LogP contribution in [0.4, 0.5) is 5.69 Å². The van der Waals surface area contributed by atoms with Crippen LogP contribution in [-0.2, 0) is 14.8 Å². The first-order valence-corrected chi connectivity index (χ1v) is 9.12. The number of primary sulfonamides is 1. The number of benzene rings is 2. The maximum absolute atomic E-state index is 12.3. The molecule has 1 aliphatic heterocycles. The lowest BCUT2D eigenvalue weighted by atomic mass is 9.90. The first-order valence-electron chi connectivity index (χ1n) is 7.58. The number of nitrogens with one attached hydrogen (secondary N) is 1. The van der Waals surface area contributed by atoms with Crippen molar-refractivity contribution in [3.63, 3.8) is 0 Å². The minimum Gasteiger partial charge on any atom is -0.493 e. The van der Waals surface area contributed by atoms with Crippen LogP contribution < -0.4 is 15.2 Å². The Morgan fingerprint density at radius 3 is 2.79 bits per heavy atom. The number of anilines is 1. The van der Waals surface area contributed by atoms with Crippen LogP contribution in [0.2, 0.25) is 0 Å². The van der Waals surface area contributed by atoms with E-state index in [2.05, 4.69) is 5.32 Å². The van der Waals surface area contributed by atoms with Crippen LogP contribution in [0.1, 0.15) is 24.3 Å². The van der Waals surface area contributed by atoms with Gasteiger partial charge in [0.1, 0.15) is 5.75 Å². The van der Waals surface area contributed by atoms with E-state index in [1.54, 1.807) is 12.1 Å². The molecule has 1 atom stereocenters. The fourth-order valence-corrected chi connectivity index (χ4v) is 3.37. The summed E-state index contributed by atoms with van der Waals surface area (Å²) in [4.78, 5) is 12.3. The zero-order chi connectivity index (χ0) is 17.2. The van der Waals surface area contributed by atoms with Crippen molar-refractivity contribution >= 4 is 21.6 Å². The molecule has 2 aromatic rings. The molecule has 0 aromatic heterocycles. The summed E-state index contributed by atoms with van der Waals surface area (Å²) in [5.41, 5.74) is 1.43. The Balaban J connectivity index is 1.71. The van der Waals surface area contributed by atoms with Crippen LogP contribution in [0.15, 0.2) is 53.4 Å². The smallest absolute Gasteiger partial charge is 0.238 e. The van der Waals surface area contributed by atoms with Gasteiger partial charge in [-0.3, -0.25) is 4.79 Å². The Morgan fingerprint density at radius 1 is 1.21 bits per heavy atom. The summed E-state index contributed by atoms with van der Waals surface area (Å²) in [7, 11) is -3.80. The summed E-state index contributed by atoms with van der Waals surface area (Å²) in [6, 6.07) is 13.6. The van der Waals surface area contributed by atoms with Gasteiger partial charge >= 0.3 is 0 Å². The van der Waals surface area contributed by atoms with Gasteiger partial charge in [-0.2, -0.15) is 0 Å². The molecule has 2 aromatic carbocycles. The molecule has 1 amide bonds. The molecule has 0 fully saturated rings. The van der Waals surface area contributed by atoms with Crippen LogP contribution >= 0.6 is 0 Å². The molecule has 0 saturated heterocycles. The number of carbonyl (C=O) groups excluding carboxylic acids is 1. The Morgan fingerprint density at radius 2 is 2.00 bits per heavy atom. The maximum atomic E-state index is 12.3.